The largest absolute Gasteiger partial charge is 0.480 e. The second-order valence-corrected chi connectivity index (χ2v) is 7.68. The molecule has 9 heteroatoms. The molecule has 7 nitrogen and oxygen atoms in total. The number of halogens is 1. The molecule has 4 N–H and O–H groups in total. The van der Waals surface area contributed by atoms with E-state index in [-0.39, 0.29) is 24.2 Å². The van der Waals surface area contributed by atoms with Gasteiger partial charge in [0.2, 0.25) is 11.8 Å². The molecule has 1 unspecified atom stereocenters. The topological polar surface area (TPSA) is 108 Å². The molecule has 0 bridgehead atoms. The van der Waals surface area contributed by atoms with Gasteiger partial charge in [-0.3, -0.25) is 14.7 Å². The number of aliphatic carboxylic acids is 1. The molecule has 1 aromatic carbocycles. The first-order valence-electron chi connectivity index (χ1n) is 9.10. The lowest BCUT2D eigenvalue weighted by atomic mass is 10.00. The van der Waals surface area contributed by atoms with Crippen molar-refractivity contribution in [1.29, 1.82) is 0 Å². The predicted octanol–water partition coefficient (Wildman–Crippen LogP) is 1.48. The van der Waals surface area contributed by atoms with E-state index >= 15 is 0 Å². The first-order chi connectivity index (χ1) is 13.1. The van der Waals surface area contributed by atoms with Crippen LogP contribution in [-0.2, 0) is 20.8 Å². The van der Waals surface area contributed by atoms with Gasteiger partial charge >= 0.3 is 5.97 Å². The molecule has 2 amide bonds. The molecule has 156 valence electrons. The van der Waals surface area contributed by atoms with E-state index in [4.69, 9.17) is 0 Å². The van der Waals surface area contributed by atoms with Crippen LogP contribution in [0.3, 0.4) is 0 Å². The average molecular weight is 413 g/mol. The van der Waals surface area contributed by atoms with Crippen molar-refractivity contribution >= 4 is 27.2 Å². The normalized spacial score (nSPS) is 14.4. The highest BCUT2D eigenvalue weighted by atomic mass is 31.0. The van der Waals surface area contributed by atoms with Crippen molar-refractivity contribution in [3.05, 3.63) is 35.6 Å². The van der Waals surface area contributed by atoms with Crippen LogP contribution in [0.5, 0.6) is 0 Å². The highest BCUT2D eigenvalue weighted by Crippen LogP contribution is 2.10. The molecule has 0 heterocycles. The van der Waals surface area contributed by atoms with Crippen molar-refractivity contribution in [2.24, 2.45) is 11.8 Å². The Morgan fingerprint density at radius 2 is 1.50 bits per heavy atom. The smallest absolute Gasteiger partial charge is 0.326 e. The van der Waals surface area contributed by atoms with E-state index in [0.29, 0.717) is 5.56 Å². The van der Waals surface area contributed by atoms with Gasteiger partial charge in [0, 0.05) is 6.42 Å². The molecule has 0 radical (unpaired) electrons. The van der Waals surface area contributed by atoms with Crippen molar-refractivity contribution in [1.82, 2.24) is 15.7 Å². The summed E-state index contributed by atoms with van der Waals surface area (Å²) in [7, 11) is 2.28. The van der Waals surface area contributed by atoms with E-state index in [9.17, 15) is 23.9 Å². The molecule has 4 atom stereocenters. The molecular formula is C19H29FN3O4P. The second kappa shape index (κ2) is 11.1. The second-order valence-electron chi connectivity index (χ2n) is 7.35. The van der Waals surface area contributed by atoms with Gasteiger partial charge in [-0.1, -0.05) is 49.2 Å². The van der Waals surface area contributed by atoms with Crippen LogP contribution in [0.2, 0.25) is 0 Å². The first-order valence-corrected chi connectivity index (χ1v) is 9.68. The molecule has 0 fully saturated rings. The lowest BCUT2D eigenvalue weighted by molar-refractivity contribution is -0.143. The number of carbonyl (C=O) groups is 3. The number of carbonyl (C=O) groups excluding carboxylic acids is 2. The van der Waals surface area contributed by atoms with Gasteiger partial charge in [0.15, 0.2) is 0 Å². The minimum atomic E-state index is -1.15. The van der Waals surface area contributed by atoms with Gasteiger partial charge in [0.1, 0.15) is 17.9 Å². The predicted molar refractivity (Wildman–Crippen MR) is 108 cm³/mol. The SMILES string of the molecule is CC(C)[C@H](NC(=O)[C@H](Cc1ccc(F)cc1)NC(=O)[C@@H](NP)C(C)C)C(=O)O. The standard InChI is InChI=1S/C19H29FN3O4P/c1-10(2)15(23-28)18(25)21-14(9-12-5-7-13(20)8-6-12)17(24)22-16(11(3)4)19(26)27/h5-8,10-11,14-16,23H,9,28H2,1-4H3,(H,21,25)(H,22,24)(H,26,27)/t14-,15-,16-/m0/s1. The third kappa shape index (κ3) is 7.17. The van der Waals surface area contributed by atoms with Gasteiger partial charge in [-0.2, -0.15) is 0 Å². The maximum Gasteiger partial charge on any atom is 0.326 e. The maximum absolute atomic E-state index is 13.2. The molecule has 0 aliphatic carbocycles. The number of carboxylic acids is 1. The van der Waals surface area contributed by atoms with E-state index in [0.717, 1.165) is 0 Å². The Labute approximate surface area is 167 Å². The zero-order valence-corrected chi connectivity index (χ0v) is 17.7. The van der Waals surface area contributed by atoms with E-state index in [2.05, 4.69) is 25.1 Å². The highest BCUT2D eigenvalue weighted by molar-refractivity contribution is 7.13. The fourth-order valence-electron chi connectivity index (χ4n) is 2.67. The number of hydrogen-bond acceptors (Lipinski definition) is 4. The van der Waals surface area contributed by atoms with Crippen LogP contribution in [-0.4, -0.2) is 41.0 Å². The van der Waals surface area contributed by atoms with Crippen LogP contribution in [0.1, 0.15) is 33.3 Å². The molecule has 28 heavy (non-hydrogen) atoms. The third-order valence-electron chi connectivity index (χ3n) is 4.35. The van der Waals surface area contributed by atoms with Crippen LogP contribution < -0.4 is 15.7 Å². The molecule has 0 aromatic heterocycles. The Kier molecular flexibility index (Phi) is 9.49. The molecule has 0 spiro atoms. The average Bonchev–Trinajstić information content (AvgIpc) is 2.60. The zero-order chi connectivity index (χ0) is 21.4. The number of carboxylic acid groups (broad SMARTS) is 1. The van der Waals surface area contributed by atoms with Crippen LogP contribution in [0.15, 0.2) is 24.3 Å². The monoisotopic (exact) mass is 413 g/mol. The zero-order valence-electron chi connectivity index (χ0n) is 16.5. The van der Waals surface area contributed by atoms with Crippen molar-refractivity contribution in [3.8, 4) is 0 Å². The van der Waals surface area contributed by atoms with Crippen LogP contribution in [0.25, 0.3) is 0 Å². The first kappa shape index (κ1) is 24.0. The van der Waals surface area contributed by atoms with E-state index in [1.807, 2.05) is 13.8 Å². The maximum atomic E-state index is 13.2. The van der Waals surface area contributed by atoms with Crippen LogP contribution in [0.4, 0.5) is 4.39 Å². The fraction of sp³-hybridized carbons (Fsp3) is 0.526. The summed E-state index contributed by atoms with van der Waals surface area (Å²) in [6.45, 7) is 7.07. The van der Waals surface area contributed by atoms with Crippen molar-refractivity contribution in [2.45, 2.75) is 52.2 Å². The Hall–Kier alpha value is -2.05. The molecule has 0 saturated carbocycles. The summed E-state index contributed by atoms with van der Waals surface area (Å²) in [5, 5.41) is 17.3. The van der Waals surface area contributed by atoms with E-state index < -0.39 is 35.8 Å². The lowest BCUT2D eigenvalue weighted by Crippen LogP contribution is -2.56. The molecule has 0 saturated heterocycles. The summed E-state index contributed by atoms with van der Waals surface area (Å²) in [6.07, 6.45) is 0.101. The van der Waals surface area contributed by atoms with Gasteiger partial charge in [-0.15, -0.1) is 0 Å². The molecule has 1 aromatic rings. The van der Waals surface area contributed by atoms with Gasteiger partial charge in [-0.25, -0.2) is 9.18 Å². The van der Waals surface area contributed by atoms with Gasteiger partial charge in [0.05, 0.1) is 6.04 Å². The van der Waals surface area contributed by atoms with E-state index in [1.54, 1.807) is 13.8 Å². The Balaban J connectivity index is 3.05. The molecular weight excluding hydrogens is 384 g/mol. The van der Waals surface area contributed by atoms with Crippen LogP contribution >= 0.6 is 9.39 Å². The third-order valence-corrected chi connectivity index (χ3v) is 4.70. The van der Waals surface area contributed by atoms with Gasteiger partial charge < -0.3 is 15.7 Å². The van der Waals surface area contributed by atoms with Gasteiger partial charge in [0.25, 0.3) is 0 Å². The number of rotatable bonds is 10. The Bertz CT molecular complexity index is 682. The number of hydrogen-bond donors (Lipinski definition) is 4. The fourth-order valence-corrected chi connectivity index (χ4v) is 3.20. The summed E-state index contributed by atoms with van der Waals surface area (Å²) in [4.78, 5) is 36.8. The van der Waals surface area contributed by atoms with Crippen molar-refractivity contribution in [3.63, 3.8) is 0 Å². The highest BCUT2D eigenvalue weighted by Gasteiger charge is 2.30. The number of amides is 2. The van der Waals surface area contributed by atoms with Crippen LogP contribution in [0, 0.1) is 17.7 Å². The minimum Gasteiger partial charge on any atom is -0.480 e. The summed E-state index contributed by atoms with van der Waals surface area (Å²) >= 11 is 0. The van der Waals surface area contributed by atoms with E-state index in [1.165, 1.54) is 24.3 Å². The molecule has 0 aliphatic heterocycles. The summed E-state index contributed by atoms with van der Waals surface area (Å²) in [5.74, 6) is -2.92. The number of nitrogens with one attached hydrogen (secondary N) is 3. The molecule has 1 rings (SSSR count). The van der Waals surface area contributed by atoms with Crippen molar-refractivity contribution < 1.29 is 23.9 Å². The van der Waals surface area contributed by atoms with Crippen molar-refractivity contribution in [2.75, 3.05) is 0 Å². The quantitative estimate of drug-likeness (QED) is 0.435. The Morgan fingerprint density at radius 1 is 0.964 bits per heavy atom. The lowest BCUT2D eigenvalue weighted by Gasteiger charge is -2.26. The summed E-state index contributed by atoms with van der Waals surface area (Å²) < 4.78 is 13.2. The Morgan fingerprint density at radius 3 is 1.93 bits per heavy atom. The summed E-state index contributed by atoms with van der Waals surface area (Å²) in [5.41, 5.74) is 0.637. The minimum absolute atomic E-state index is 0.0329. The van der Waals surface area contributed by atoms with Gasteiger partial charge in [-0.05, 0) is 29.5 Å². The molecule has 0 aliphatic rings. The summed E-state index contributed by atoms with van der Waals surface area (Å²) in [6, 6.07) is 2.94. The number of benzene rings is 1.